The average molecular weight is 152 g/mol. The van der Waals surface area contributed by atoms with Crippen LogP contribution in [0.25, 0.3) is 0 Å². The number of nitrogens with two attached hydrogens (primary N) is 2. The lowest BCUT2D eigenvalue weighted by Gasteiger charge is -1.96. The minimum absolute atomic E-state index is 0. The van der Waals surface area contributed by atoms with Gasteiger partial charge in [0.15, 0.2) is 5.96 Å². The molecule has 0 radical (unpaired) electrons. The van der Waals surface area contributed by atoms with Crippen LogP contribution in [-0.2, 0) is 0 Å². The Kier molecular flexibility index (Phi) is 7.19. The minimum Gasteiger partial charge on any atom is -0.370 e. The Bertz CT molecular complexity index is 86.2. The normalized spacial score (nSPS) is 8.33. The summed E-state index contributed by atoms with van der Waals surface area (Å²) in [4.78, 5) is 3.80. The molecule has 0 saturated heterocycles. The third-order valence-corrected chi connectivity index (χ3v) is 0.639. The molecule has 4 N–H and O–H groups in total. The predicted molar refractivity (Wildman–Crippen MR) is 42.8 cm³/mol. The van der Waals surface area contributed by atoms with Crippen molar-refractivity contribution in [3.63, 3.8) is 0 Å². The van der Waals surface area contributed by atoms with Crippen molar-refractivity contribution < 1.29 is 0 Å². The molecule has 0 heterocycles. The van der Waals surface area contributed by atoms with E-state index in [4.69, 9.17) is 11.5 Å². The van der Waals surface area contributed by atoms with Crippen molar-refractivity contribution in [2.24, 2.45) is 22.4 Å². The van der Waals surface area contributed by atoms with E-state index in [1.54, 1.807) is 0 Å². The SMILES string of the molecule is CC(C)CN=C(N)N.Cl. The molecule has 56 valence electrons. The lowest BCUT2D eigenvalue weighted by Crippen LogP contribution is -2.23. The van der Waals surface area contributed by atoms with E-state index in [1.165, 1.54) is 0 Å². The molecule has 0 aromatic carbocycles. The summed E-state index contributed by atoms with van der Waals surface area (Å²) >= 11 is 0. The monoisotopic (exact) mass is 151 g/mol. The maximum atomic E-state index is 5.07. The van der Waals surface area contributed by atoms with E-state index in [0.717, 1.165) is 6.54 Å². The van der Waals surface area contributed by atoms with Gasteiger partial charge in [0, 0.05) is 6.54 Å². The minimum atomic E-state index is 0. The van der Waals surface area contributed by atoms with Gasteiger partial charge < -0.3 is 11.5 Å². The zero-order valence-electron chi connectivity index (χ0n) is 5.79. The van der Waals surface area contributed by atoms with Crippen LogP contribution >= 0.6 is 12.4 Å². The lowest BCUT2D eigenvalue weighted by atomic mass is 10.2. The van der Waals surface area contributed by atoms with Crippen molar-refractivity contribution in [3.05, 3.63) is 0 Å². The number of hydrogen-bond acceptors (Lipinski definition) is 1. The van der Waals surface area contributed by atoms with Crippen LogP contribution in [-0.4, -0.2) is 12.5 Å². The topological polar surface area (TPSA) is 64.4 Å². The summed E-state index contributed by atoms with van der Waals surface area (Å²) in [5.74, 6) is 0.718. The molecular weight excluding hydrogens is 138 g/mol. The molecule has 0 rings (SSSR count). The van der Waals surface area contributed by atoms with Crippen molar-refractivity contribution in [1.82, 2.24) is 0 Å². The fourth-order valence-electron chi connectivity index (χ4n) is 0.288. The highest BCUT2D eigenvalue weighted by molar-refractivity contribution is 5.85. The number of nitrogens with zero attached hydrogens (tertiary/aromatic N) is 1. The van der Waals surface area contributed by atoms with Gasteiger partial charge in [0.25, 0.3) is 0 Å². The Labute approximate surface area is 61.9 Å². The largest absolute Gasteiger partial charge is 0.370 e. The second-order valence-corrected chi connectivity index (χ2v) is 2.16. The molecule has 0 amide bonds. The van der Waals surface area contributed by atoms with Gasteiger partial charge in [-0.3, -0.25) is 4.99 Å². The second-order valence-electron chi connectivity index (χ2n) is 2.16. The van der Waals surface area contributed by atoms with E-state index in [-0.39, 0.29) is 18.4 Å². The highest BCUT2D eigenvalue weighted by Gasteiger charge is 1.88. The van der Waals surface area contributed by atoms with E-state index >= 15 is 0 Å². The first-order valence-corrected chi connectivity index (χ1v) is 2.68. The van der Waals surface area contributed by atoms with Gasteiger partial charge in [0.05, 0.1) is 0 Å². The van der Waals surface area contributed by atoms with E-state index in [2.05, 4.69) is 18.8 Å². The summed E-state index contributed by atoms with van der Waals surface area (Å²) in [6, 6.07) is 0. The van der Waals surface area contributed by atoms with E-state index in [9.17, 15) is 0 Å². The molecule has 0 fully saturated rings. The van der Waals surface area contributed by atoms with E-state index in [1.807, 2.05) is 0 Å². The standard InChI is InChI=1S/C5H13N3.ClH/c1-4(2)3-8-5(6)7;/h4H,3H2,1-2H3,(H4,6,7,8);1H. The van der Waals surface area contributed by atoms with Crippen LogP contribution in [0.2, 0.25) is 0 Å². The summed E-state index contributed by atoms with van der Waals surface area (Å²) < 4.78 is 0. The van der Waals surface area contributed by atoms with Crippen molar-refractivity contribution in [2.75, 3.05) is 6.54 Å². The highest BCUT2D eigenvalue weighted by atomic mass is 35.5. The first-order chi connectivity index (χ1) is 3.63. The molecule has 0 aliphatic rings. The van der Waals surface area contributed by atoms with Gasteiger partial charge in [-0.15, -0.1) is 12.4 Å². The Morgan fingerprint density at radius 2 is 1.89 bits per heavy atom. The second kappa shape index (κ2) is 5.69. The van der Waals surface area contributed by atoms with Crippen LogP contribution in [0.4, 0.5) is 0 Å². The van der Waals surface area contributed by atoms with Crippen molar-refractivity contribution in [3.8, 4) is 0 Å². The third-order valence-electron chi connectivity index (χ3n) is 0.639. The molecular formula is C5H14ClN3. The average Bonchev–Trinajstić information content (AvgIpc) is 1.61. The molecule has 3 nitrogen and oxygen atoms in total. The van der Waals surface area contributed by atoms with Gasteiger partial charge >= 0.3 is 0 Å². The molecule has 0 spiro atoms. The maximum Gasteiger partial charge on any atom is 0.185 e. The van der Waals surface area contributed by atoms with Gasteiger partial charge in [-0.05, 0) is 5.92 Å². The number of rotatable bonds is 2. The number of aliphatic imine (C=N–C) groups is 1. The van der Waals surface area contributed by atoms with Crippen LogP contribution < -0.4 is 11.5 Å². The molecule has 0 aliphatic carbocycles. The quantitative estimate of drug-likeness (QED) is 0.442. The molecule has 0 aromatic rings. The first kappa shape index (κ1) is 11.4. The third kappa shape index (κ3) is 11.2. The van der Waals surface area contributed by atoms with Crippen molar-refractivity contribution in [1.29, 1.82) is 0 Å². The van der Waals surface area contributed by atoms with Crippen molar-refractivity contribution >= 4 is 18.4 Å². The predicted octanol–water partition coefficient (Wildman–Crippen LogP) is 0.338. The fraction of sp³-hybridized carbons (Fsp3) is 0.800. The Morgan fingerprint density at radius 1 is 1.44 bits per heavy atom. The lowest BCUT2D eigenvalue weighted by molar-refractivity contribution is 0.664. The van der Waals surface area contributed by atoms with Crippen LogP contribution in [0.15, 0.2) is 4.99 Å². The summed E-state index contributed by atoms with van der Waals surface area (Å²) in [5.41, 5.74) is 10.1. The van der Waals surface area contributed by atoms with Crippen LogP contribution in [0, 0.1) is 5.92 Å². The van der Waals surface area contributed by atoms with E-state index < -0.39 is 0 Å². The fourth-order valence-corrected chi connectivity index (χ4v) is 0.288. The van der Waals surface area contributed by atoms with Crippen LogP contribution in [0.1, 0.15) is 13.8 Å². The van der Waals surface area contributed by atoms with Gasteiger partial charge in [-0.1, -0.05) is 13.8 Å². The summed E-state index contributed by atoms with van der Waals surface area (Å²) in [5, 5.41) is 0. The Balaban J connectivity index is 0. The van der Waals surface area contributed by atoms with Gasteiger partial charge in [-0.25, -0.2) is 0 Å². The van der Waals surface area contributed by atoms with Crippen LogP contribution in [0.5, 0.6) is 0 Å². The molecule has 4 heteroatoms. The molecule has 0 unspecified atom stereocenters. The summed E-state index contributed by atoms with van der Waals surface area (Å²) in [6.07, 6.45) is 0. The molecule has 9 heavy (non-hydrogen) atoms. The zero-order valence-corrected chi connectivity index (χ0v) is 6.61. The van der Waals surface area contributed by atoms with Crippen molar-refractivity contribution in [2.45, 2.75) is 13.8 Å². The number of guanidine groups is 1. The molecule has 0 bridgehead atoms. The molecule has 0 saturated carbocycles. The van der Waals surface area contributed by atoms with Gasteiger partial charge in [-0.2, -0.15) is 0 Å². The number of hydrogen-bond donors (Lipinski definition) is 2. The Hall–Kier alpha value is -0.440. The summed E-state index contributed by atoms with van der Waals surface area (Å²) in [6.45, 7) is 4.85. The molecule has 0 atom stereocenters. The molecule has 0 aliphatic heterocycles. The maximum absolute atomic E-state index is 5.07. The smallest absolute Gasteiger partial charge is 0.185 e. The zero-order chi connectivity index (χ0) is 6.57. The Morgan fingerprint density at radius 3 is 2.00 bits per heavy atom. The molecule has 0 aromatic heterocycles. The first-order valence-electron chi connectivity index (χ1n) is 2.68. The van der Waals surface area contributed by atoms with Gasteiger partial charge in [0.2, 0.25) is 0 Å². The highest BCUT2D eigenvalue weighted by Crippen LogP contribution is 1.89. The van der Waals surface area contributed by atoms with Gasteiger partial charge in [0.1, 0.15) is 0 Å². The number of halogens is 1. The van der Waals surface area contributed by atoms with E-state index in [0.29, 0.717) is 5.92 Å². The summed E-state index contributed by atoms with van der Waals surface area (Å²) in [7, 11) is 0. The van der Waals surface area contributed by atoms with Crippen LogP contribution in [0.3, 0.4) is 0 Å².